The number of amides is 1. The molecule has 1 aliphatic heterocycles. The van der Waals surface area contributed by atoms with Gasteiger partial charge in [-0.2, -0.15) is 4.37 Å². The van der Waals surface area contributed by atoms with Crippen LogP contribution in [0, 0.1) is 18.3 Å². The van der Waals surface area contributed by atoms with Crippen molar-refractivity contribution in [1.29, 1.82) is 0 Å². The van der Waals surface area contributed by atoms with Crippen LogP contribution < -0.4 is 10.2 Å². The Morgan fingerprint density at radius 3 is 2.62 bits per heavy atom. The Labute approximate surface area is 128 Å². The standard InChI is InChI=1S/C14H21N3O3S/c1-8(2)14(5-6-15-7-14)13(20)17(4)11-10(12(18)19)9(3)16-21-11/h8,15H,5-7H2,1-4H3,(H,18,19). The number of hydrogen-bond donors (Lipinski definition) is 2. The summed E-state index contributed by atoms with van der Waals surface area (Å²) < 4.78 is 4.09. The molecule has 1 unspecified atom stereocenters. The molecule has 116 valence electrons. The Morgan fingerprint density at radius 1 is 1.48 bits per heavy atom. The van der Waals surface area contributed by atoms with Gasteiger partial charge in [0.05, 0.1) is 11.1 Å². The number of aromatic nitrogens is 1. The van der Waals surface area contributed by atoms with E-state index in [-0.39, 0.29) is 17.4 Å². The highest BCUT2D eigenvalue weighted by Crippen LogP contribution is 2.38. The quantitative estimate of drug-likeness (QED) is 0.885. The lowest BCUT2D eigenvalue weighted by Crippen LogP contribution is -2.47. The lowest BCUT2D eigenvalue weighted by Gasteiger charge is -2.34. The Morgan fingerprint density at radius 2 is 2.14 bits per heavy atom. The van der Waals surface area contributed by atoms with Gasteiger partial charge in [0.1, 0.15) is 10.6 Å². The normalized spacial score (nSPS) is 21.8. The minimum absolute atomic E-state index is 0.0337. The molecule has 2 N–H and O–H groups in total. The van der Waals surface area contributed by atoms with Gasteiger partial charge in [-0.3, -0.25) is 4.79 Å². The highest BCUT2D eigenvalue weighted by Gasteiger charge is 2.46. The van der Waals surface area contributed by atoms with E-state index in [1.54, 1.807) is 14.0 Å². The molecule has 7 heteroatoms. The molecule has 1 aromatic heterocycles. The molecule has 0 spiro atoms. The van der Waals surface area contributed by atoms with Gasteiger partial charge in [-0.15, -0.1) is 0 Å². The molecule has 0 aromatic carbocycles. The molecule has 0 bridgehead atoms. The first-order valence-electron chi connectivity index (χ1n) is 6.99. The van der Waals surface area contributed by atoms with Gasteiger partial charge in [0.2, 0.25) is 5.91 Å². The highest BCUT2D eigenvalue weighted by molar-refractivity contribution is 7.11. The first-order valence-corrected chi connectivity index (χ1v) is 7.77. The van der Waals surface area contributed by atoms with Crippen molar-refractivity contribution in [3.05, 3.63) is 11.3 Å². The summed E-state index contributed by atoms with van der Waals surface area (Å²) in [5.74, 6) is -0.891. The van der Waals surface area contributed by atoms with E-state index in [2.05, 4.69) is 9.69 Å². The maximum Gasteiger partial charge on any atom is 0.340 e. The van der Waals surface area contributed by atoms with E-state index in [0.717, 1.165) is 24.5 Å². The molecule has 1 aliphatic rings. The Hall–Kier alpha value is -1.47. The third kappa shape index (κ3) is 2.55. The van der Waals surface area contributed by atoms with Crippen LogP contribution >= 0.6 is 11.5 Å². The van der Waals surface area contributed by atoms with E-state index in [1.807, 2.05) is 13.8 Å². The first-order chi connectivity index (χ1) is 9.81. The average molecular weight is 311 g/mol. The predicted molar refractivity (Wildman–Crippen MR) is 82.0 cm³/mol. The lowest BCUT2D eigenvalue weighted by molar-refractivity contribution is -0.129. The van der Waals surface area contributed by atoms with Gasteiger partial charge in [-0.1, -0.05) is 13.8 Å². The average Bonchev–Trinajstić information content (AvgIpc) is 3.03. The van der Waals surface area contributed by atoms with Crippen molar-refractivity contribution < 1.29 is 14.7 Å². The largest absolute Gasteiger partial charge is 0.478 e. The van der Waals surface area contributed by atoms with Gasteiger partial charge >= 0.3 is 5.97 Å². The van der Waals surface area contributed by atoms with E-state index in [4.69, 9.17) is 0 Å². The third-order valence-electron chi connectivity index (χ3n) is 4.39. The number of carbonyl (C=O) groups is 2. The highest BCUT2D eigenvalue weighted by atomic mass is 32.1. The van der Waals surface area contributed by atoms with Crippen molar-refractivity contribution in [3.63, 3.8) is 0 Å². The van der Waals surface area contributed by atoms with Crippen LogP contribution in [0.1, 0.15) is 36.3 Å². The van der Waals surface area contributed by atoms with Gasteiger partial charge in [-0.05, 0) is 37.3 Å². The van der Waals surface area contributed by atoms with E-state index in [0.29, 0.717) is 17.2 Å². The SMILES string of the molecule is Cc1nsc(N(C)C(=O)C2(C(C)C)CCNC2)c1C(=O)O. The number of rotatable bonds is 4. The fourth-order valence-electron chi connectivity index (χ4n) is 2.89. The summed E-state index contributed by atoms with van der Waals surface area (Å²) in [6.07, 6.45) is 0.772. The molecule has 0 saturated carbocycles. The number of anilines is 1. The molecule has 2 heterocycles. The Kier molecular flexibility index (Phi) is 4.34. The van der Waals surface area contributed by atoms with Crippen molar-refractivity contribution >= 4 is 28.4 Å². The van der Waals surface area contributed by atoms with E-state index in [1.165, 1.54) is 4.90 Å². The summed E-state index contributed by atoms with van der Waals surface area (Å²) in [6, 6.07) is 0. The summed E-state index contributed by atoms with van der Waals surface area (Å²) in [5, 5.41) is 13.0. The summed E-state index contributed by atoms with van der Waals surface area (Å²) in [5.41, 5.74) is 0.105. The molecule has 1 aromatic rings. The fraction of sp³-hybridized carbons (Fsp3) is 0.643. The second-order valence-corrected chi connectivity index (χ2v) is 6.61. The maximum absolute atomic E-state index is 13.0. The van der Waals surface area contributed by atoms with Gasteiger partial charge in [0.15, 0.2) is 0 Å². The lowest BCUT2D eigenvalue weighted by atomic mass is 9.75. The monoisotopic (exact) mass is 311 g/mol. The molecule has 6 nitrogen and oxygen atoms in total. The second kappa shape index (κ2) is 5.73. The summed E-state index contributed by atoms with van der Waals surface area (Å²) >= 11 is 1.06. The topological polar surface area (TPSA) is 82.5 Å². The van der Waals surface area contributed by atoms with Crippen LogP contribution in [-0.2, 0) is 4.79 Å². The van der Waals surface area contributed by atoms with Crippen molar-refractivity contribution in [1.82, 2.24) is 9.69 Å². The molecule has 21 heavy (non-hydrogen) atoms. The van der Waals surface area contributed by atoms with Crippen LogP contribution in [-0.4, -0.2) is 41.5 Å². The maximum atomic E-state index is 13.0. The van der Waals surface area contributed by atoms with Gasteiger partial charge in [-0.25, -0.2) is 4.79 Å². The zero-order valence-corrected chi connectivity index (χ0v) is 13.6. The molecule has 0 radical (unpaired) electrons. The third-order valence-corrected chi connectivity index (χ3v) is 5.40. The fourth-order valence-corrected chi connectivity index (χ4v) is 3.74. The number of hydrogen-bond acceptors (Lipinski definition) is 5. The molecular formula is C14H21N3O3S. The van der Waals surface area contributed by atoms with Crippen LogP contribution in [0.25, 0.3) is 0 Å². The molecule has 0 aliphatic carbocycles. The summed E-state index contributed by atoms with van der Waals surface area (Å²) in [6.45, 7) is 7.17. The number of nitrogens with one attached hydrogen (secondary N) is 1. The van der Waals surface area contributed by atoms with Crippen LogP contribution in [0.3, 0.4) is 0 Å². The van der Waals surface area contributed by atoms with Gasteiger partial charge in [0.25, 0.3) is 0 Å². The number of carbonyl (C=O) groups excluding carboxylic acids is 1. The zero-order chi connectivity index (χ0) is 15.8. The number of carboxylic acids is 1. The molecule has 1 saturated heterocycles. The van der Waals surface area contributed by atoms with Crippen LogP contribution in [0.4, 0.5) is 5.00 Å². The Balaban J connectivity index is 2.38. The predicted octanol–water partition coefficient (Wildman–Crippen LogP) is 1.75. The van der Waals surface area contributed by atoms with Gasteiger partial charge in [0, 0.05) is 13.6 Å². The van der Waals surface area contributed by atoms with Crippen LogP contribution in [0.15, 0.2) is 0 Å². The minimum atomic E-state index is -1.04. The molecule has 1 atom stereocenters. The summed E-state index contributed by atoms with van der Waals surface area (Å²) in [4.78, 5) is 25.8. The first kappa shape index (κ1) is 15.9. The number of carboxylic acid groups (broad SMARTS) is 1. The van der Waals surface area contributed by atoms with Crippen molar-refractivity contribution in [2.45, 2.75) is 27.2 Å². The van der Waals surface area contributed by atoms with E-state index < -0.39 is 11.4 Å². The van der Waals surface area contributed by atoms with Crippen molar-refractivity contribution in [2.75, 3.05) is 25.0 Å². The number of aryl methyl sites for hydroxylation is 1. The molecule has 2 rings (SSSR count). The van der Waals surface area contributed by atoms with E-state index >= 15 is 0 Å². The smallest absolute Gasteiger partial charge is 0.340 e. The molecule has 1 fully saturated rings. The number of nitrogens with zero attached hydrogens (tertiary/aromatic N) is 2. The minimum Gasteiger partial charge on any atom is -0.478 e. The van der Waals surface area contributed by atoms with Crippen LogP contribution in [0.2, 0.25) is 0 Å². The molecule has 1 amide bonds. The van der Waals surface area contributed by atoms with Crippen molar-refractivity contribution in [3.8, 4) is 0 Å². The Bertz CT molecular complexity index is 562. The second-order valence-electron chi connectivity index (χ2n) is 5.86. The number of aromatic carboxylic acids is 1. The zero-order valence-electron chi connectivity index (χ0n) is 12.8. The van der Waals surface area contributed by atoms with E-state index in [9.17, 15) is 14.7 Å². The van der Waals surface area contributed by atoms with Crippen LogP contribution in [0.5, 0.6) is 0 Å². The van der Waals surface area contributed by atoms with Gasteiger partial charge < -0.3 is 15.3 Å². The summed E-state index contributed by atoms with van der Waals surface area (Å²) in [7, 11) is 1.64. The molecular weight excluding hydrogens is 290 g/mol. The van der Waals surface area contributed by atoms with Crippen molar-refractivity contribution in [2.24, 2.45) is 11.3 Å².